The first-order chi connectivity index (χ1) is 12.9. The fraction of sp³-hybridized carbons (Fsp3) is 0.905. The summed E-state index contributed by atoms with van der Waals surface area (Å²) in [6.07, 6.45) is 1.10. The van der Waals surface area contributed by atoms with Crippen molar-refractivity contribution in [3.63, 3.8) is 0 Å². The van der Waals surface area contributed by atoms with Crippen LogP contribution in [0.25, 0.3) is 0 Å². The molecule has 0 aromatic heterocycles. The SMILES string of the molecule is CC.CNC(C)(C)CC(C)(C)NC(=O)C(C)(C)CC(C)(C)C(=O)NCCS(=O)O. The highest BCUT2D eigenvalue weighted by Crippen LogP contribution is 2.35. The first kappa shape index (κ1) is 30.2. The van der Waals surface area contributed by atoms with Gasteiger partial charge in [0.05, 0.1) is 5.75 Å². The Kier molecular flexibility index (Phi) is 12.5. The van der Waals surface area contributed by atoms with Gasteiger partial charge in [0.25, 0.3) is 0 Å². The van der Waals surface area contributed by atoms with Crippen LogP contribution in [0.5, 0.6) is 0 Å². The standard InChI is InChI=1S/C19H39N3O4S.C2H6/c1-16(2,14(23)21-10-11-27(25)26)12-17(3,4)15(24)22-19(7,8)13-18(5,6)20-9;1-2/h20H,10-13H2,1-9H3,(H,21,23)(H,22,24)(H,25,26);1-2H3. The number of nitrogens with one attached hydrogen (secondary N) is 3. The zero-order valence-corrected chi connectivity index (χ0v) is 21.2. The van der Waals surface area contributed by atoms with Crippen LogP contribution in [0, 0.1) is 10.8 Å². The van der Waals surface area contributed by atoms with E-state index < -0.39 is 27.4 Å². The van der Waals surface area contributed by atoms with Crippen molar-refractivity contribution in [1.29, 1.82) is 0 Å². The Morgan fingerprint density at radius 2 is 1.28 bits per heavy atom. The Morgan fingerprint density at radius 3 is 1.69 bits per heavy atom. The minimum Gasteiger partial charge on any atom is -0.355 e. The van der Waals surface area contributed by atoms with Gasteiger partial charge in [0, 0.05) is 28.5 Å². The highest BCUT2D eigenvalue weighted by Gasteiger charge is 2.41. The average Bonchev–Trinajstić information content (AvgIpc) is 2.53. The Hall–Kier alpha value is -0.990. The van der Waals surface area contributed by atoms with Gasteiger partial charge in [-0.1, -0.05) is 41.5 Å². The van der Waals surface area contributed by atoms with Gasteiger partial charge >= 0.3 is 0 Å². The lowest BCUT2D eigenvalue weighted by Gasteiger charge is -2.39. The normalized spacial score (nSPS) is 13.8. The molecule has 0 aliphatic carbocycles. The predicted octanol–water partition coefficient (Wildman–Crippen LogP) is 3.08. The van der Waals surface area contributed by atoms with Gasteiger partial charge in [-0.05, 0) is 47.6 Å². The van der Waals surface area contributed by atoms with Crippen LogP contribution in [-0.4, -0.2) is 51.0 Å². The lowest BCUT2D eigenvalue weighted by Crippen LogP contribution is -2.55. The van der Waals surface area contributed by atoms with E-state index in [0.717, 1.165) is 6.42 Å². The molecule has 0 aromatic carbocycles. The summed E-state index contributed by atoms with van der Waals surface area (Å²) in [4.78, 5) is 25.3. The fourth-order valence-corrected chi connectivity index (χ4v) is 3.75. The molecule has 2 amide bonds. The van der Waals surface area contributed by atoms with Crippen molar-refractivity contribution in [3.8, 4) is 0 Å². The number of amides is 2. The molecule has 0 rings (SSSR count). The van der Waals surface area contributed by atoms with Crippen molar-refractivity contribution in [3.05, 3.63) is 0 Å². The molecule has 0 fully saturated rings. The number of carbonyl (C=O) groups is 2. The summed E-state index contributed by atoms with van der Waals surface area (Å²) in [6.45, 7) is 19.5. The molecule has 0 saturated carbocycles. The minimum atomic E-state index is -1.94. The average molecular weight is 436 g/mol. The van der Waals surface area contributed by atoms with E-state index in [-0.39, 0.29) is 29.7 Å². The molecule has 0 aliphatic rings. The first-order valence-corrected chi connectivity index (χ1v) is 11.6. The zero-order valence-electron chi connectivity index (χ0n) is 20.4. The minimum absolute atomic E-state index is 0.0128. The van der Waals surface area contributed by atoms with Crippen LogP contribution in [0.3, 0.4) is 0 Å². The monoisotopic (exact) mass is 435 g/mol. The van der Waals surface area contributed by atoms with Crippen LogP contribution in [0.15, 0.2) is 0 Å². The molecule has 0 aliphatic heterocycles. The molecule has 174 valence electrons. The Labute approximate surface area is 180 Å². The largest absolute Gasteiger partial charge is 0.355 e. The molecule has 0 aromatic rings. The lowest BCUT2D eigenvalue weighted by molar-refractivity contribution is -0.136. The van der Waals surface area contributed by atoms with E-state index in [4.69, 9.17) is 4.55 Å². The second-order valence-electron chi connectivity index (χ2n) is 9.87. The maximum Gasteiger partial charge on any atom is 0.226 e. The molecule has 0 radical (unpaired) electrons. The van der Waals surface area contributed by atoms with Crippen molar-refractivity contribution in [2.24, 2.45) is 10.8 Å². The molecule has 29 heavy (non-hydrogen) atoms. The smallest absolute Gasteiger partial charge is 0.226 e. The van der Waals surface area contributed by atoms with Gasteiger partial charge in [-0.3, -0.25) is 9.59 Å². The first-order valence-electron chi connectivity index (χ1n) is 10.3. The van der Waals surface area contributed by atoms with Gasteiger partial charge < -0.3 is 20.5 Å². The summed E-state index contributed by atoms with van der Waals surface area (Å²) in [7, 11) is 1.90. The summed E-state index contributed by atoms with van der Waals surface area (Å²) >= 11 is -1.94. The van der Waals surface area contributed by atoms with Crippen molar-refractivity contribution in [2.75, 3.05) is 19.3 Å². The maximum atomic E-state index is 12.9. The third-order valence-corrected chi connectivity index (χ3v) is 5.24. The van der Waals surface area contributed by atoms with E-state index >= 15 is 0 Å². The van der Waals surface area contributed by atoms with Crippen molar-refractivity contribution in [2.45, 2.75) is 93.2 Å². The van der Waals surface area contributed by atoms with Crippen molar-refractivity contribution < 1.29 is 18.4 Å². The van der Waals surface area contributed by atoms with Gasteiger partial charge in [0.1, 0.15) is 0 Å². The second kappa shape index (κ2) is 12.0. The lowest BCUT2D eigenvalue weighted by atomic mass is 9.73. The molecular formula is C21H45N3O4S. The summed E-state index contributed by atoms with van der Waals surface area (Å²) in [6, 6.07) is 0. The van der Waals surface area contributed by atoms with Crippen LogP contribution < -0.4 is 16.0 Å². The predicted molar refractivity (Wildman–Crippen MR) is 122 cm³/mol. The van der Waals surface area contributed by atoms with Crippen LogP contribution in [0.2, 0.25) is 0 Å². The number of rotatable bonds is 11. The zero-order chi connectivity index (χ0) is 23.7. The molecule has 0 spiro atoms. The molecule has 4 N–H and O–H groups in total. The maximum absolute atomic E-state index is 12.9. The van der Waals surface area contributed by atoms with Gasteiger partial charge in [0.15, 0.2) is 11.1 Å². The highest BCUT2D eigenvalue weighted by molar-refractivity contribution is 7.79. The van der Waals surface area contributed by atoms with Gasteiger partial charge in [-0.25, -0.2) is 4.21 Å². The van der Waals surface area contributed by atoms with Crippen molar-refractivity contribution >= 4 is 22.9 Å². The number of carbonyl (C=O) groups excluding carboxylic acids is 2. The van der Waals surface area contributed by atoms with E-state index in [1.54, 1.807) is 13.8 Å². The molecule has 0 heterocycles. The summed E-state index contributed by atoms with van der Waals surface area (Å²) in [5.74, 6) is -0.345. The number of hydrogen-bond donors (Lipinski definition) is 4. The third-order valence-electron chi connectivity index (χ3n) is 4.69. The quantitative estimate of drug-likeness (QED) is 0.373. The van der Waals surface area contributed by atoms with Crippen LogP contribution >= 0.6 is 0 Å². The van der Waals surface area contributed by atoms with E-state index in [1.165, 1.54) is 0 Å². The Balaban J connectivity index is 0. The summed E-state index contributed by atoms with van der Waals surface area (Å²) in [5, 5.41) is 9.04. The molecule has 1 atom stereocenters. The van der Waals surface area contributed by atoms with Crippen molar-refractivity contribution in [1.82, 2.24) is 16.0 Å². The molecular weight excluding hydrogens is 390 g/mol. The van der Waals surface area contributed by atoms with Crippen LogP contribution in [-0.2, 0) is 20.7 Å². The van der Waals surface area contributed by atoms with E-state index in [9.17, 15) is 13.8 Å². The summed E-state index contributed by atoms with van der Waals surface area (Å²) in [5.41, 5.74) is -2.06. The van der Waals surface area contributed by atoms with Gasteiger partial charge in [-0.2, -0.15) is 0 Å². The molecule has 0 bridgehead atoms. The van der Waals surface area contributed by atoms with E-state index in [0.29, 0.717) is 6.42 Å². The van der Waals surface area contributed by atoms with Crippen LogP contribution in [0.4, 0.5) is 0 Å². The van der Waals surface area contributed by atoms with Crippen LogP contribution in [0.1, 0.15) is 82.1 Å². The molecule has 0 saturated heterocycles. The van der Waals surface area contributed by atoms with E-state index in [2.05, 4.69) is 29.8 Å². The summed E-state index contributed by atoms with van der Waals surface area (Å²) < 4.78 is 19.5. The second-order valence-corrected chi connectivity index (χ2v) is 10.9. The Morgan fingerprint density at radius 1 is 0.828 bits per heavy atom. The topological polar surface area (TPSA) is 108 Å². The number of hydrogen-bond acceptors (Lipinski definition) is 4. The molecule has 8 heteroatoms. The Bertz CT molecular complexity index is 558. The fourth-order valence-electron chi connectivity index (χ4n) is 3.47. The van der Waals surface area contributed by atoms with Gasteiger partial charge in [-0.15, -0.1) is 0 Å². The van der Waals surface area contributed by atoms with Gasteiger partial charge in [0.2, 0.25) is 11.8 Å². The molecule has 7 nitrogen and oxygen atoms in total. The highest BCUT2D eigenvalue weighted by atomic mass is 32.2. The van der Waals surface area contributed by atoms with E-state index in [1.807, 2.05) is 48.6 Å². The third kappa shape index (κ3) is 12.3. The molecule has 1 unspecified atom stereocenters.